The summed E-state index contributed by atoms with van der Waals surface area (Å²) in [6, 6.07) is 22.6. The van der Waals surface area contributed by atoms with Gasteiger partial charge in [-0.15, -0.1) is 0 Å². The van der Waals surface area contributed by atoms with E-state index in [-0.39, 0.29) is 18.5 Å². The zero-order valence-electron chi connectivity index (χ0n) is 21.5. The molecule has 0 unspecified atom stereocenters. The molecule has 3 aromatic carbocycles. The van der Waals surface area contributed by atoms with E-state index in [1.807, 2.05) is 48.5 Å². The standard InChI is InChI=1S/C29H26ClN4O5P/c30-22-10-8-21(9-11-22)28-26(39-29(33-28)34-19-31-24-4-1-2-5-25(24)34)14-15-27(35)32-23-12-6-20(7-13-23)18-40(36)37-16-3-17-38-40/h1-2,4-13,19H,3,14-18H2,(H,32,35). The van der Waals surface area contributed by atoms with Crippen LogP contribution in [0.2, 0.25) is 5.02 Å². The highest BCUT2D eigenvalue weighted by Crippen LogP contribution is 2.53. The Balaban J connectivity index is 1.17. The number of hydrogen-bond acceptors (Lipinski definition) is 7. The summed E-state index contributed by atoms with van der Waals surface area (Å²) in [6.07, 6.45) is 3.13. The number of benzene rings is 3. The van der Waals surface area contributed by atoms with E-state index in [0.29, 0.717) is 47.8 Å². The molecule has 0 bridgehead atoms. The van der Waals surface area contributed by atoms with Crippen molar-refractivity contribution in [3.8, 4) is 17.3 Å². The first-order valence-electron chi connectivity index (χ1n) is 12.9. The molecule has 9 nitrogen and oxygen atoms in total. The minimum atomic E-state index is -3.10. The lowest BCUT2D eigenvalue weighted by Crippen LogP contribution is -2.12. The smallest absolute Gasteiger partial charge is 0.335 e. The topological polar surface area (TPSA) is 108 Å². The molecule has 0 radical (unpaired) electrons. The van der Waals surface area contributed by atoms with Crippen molar-refractivity contribution in [1.29, 1.82) is 0 Å². The number of nitrogens with zero attached hydrogens (tertiary/aromatic N) is 3. The summed E-state index contributed by atoms with van der Waals surface area (Å²) in [5.74, 6) is 0.408. The predicted molar refractivity (Wildman–Crippen MR) is 153 cm³/mol. The van der Waals surface area contributed by atoms with Crippen LogP contribution in [0.1, 0.15) is 24.2 Å². The summed E-state index contributed by atoms with van der Waals surface area (Å²) in [7, 11) is -3.10. The molecule has 1 fully saturated rings. The lowest BCUT2D eigenvalue weighted by Gasteiger charge is -2.22. The fourth-order valence-corrected chi connectivity index (χ4v) is 6.37. The molecule has 1 N–H and O–H groups in total. The Morgan fingerprint density at radius 3 is 2.52 bits per heavy atom. The first-order chi connectivity index (χ1) is 19.5. The van der Waals surface area contributed by atoms with Crippen LogP contribution in [-0.2, 0) is 31.0 Å². The summed E-state index contributed by atoms with van der Waals surface area (Å²) >= 11 is 6.10. The van der Waals surface area contributed by atoms with Crippen LogP contribution in [-0.4, -0.2) is 33.7 Å². The zero-order valence-corrected chi connectivity index (χ0v) is 23.1. The van der Waals surface area contributed by atoms with Crippen LogP contribution >= 0.6 is 19.2 Å². The highest BCUT2D eigenvalue weighted by atomic mass is 35.5. The van der Waals surface area contributed by atoms with Gasteiger partial charge in [-0.1, -0.05) is 48.0 Å². The van der Waals surface area contributed by atoms with Crippen LogP contribution in [0.4, 0.5) is 5.69 Å². The first-order valence-corrected chi connectivity index (χ1v) is 15.0. The second kappa shape index (κ2) is 11.4. The number of aryl methyl sites for hydroxylation is 1. The average Bonchev–Trinajstić information content (AvgIpc) is 3.58. The Morgan fingerprint density at radius 2 is 1.75 bits per heavy atom. The summed E-state index contributed by atoms with van der Waals surface area (Å²) in [6.45, 7) is 0.882. The van der Waals surface area contributed by atoms with E-state index in [1.165, 1.54) is 0 Å². The molecule has 40 heavy (non-hydrogen) atoms. The summed E-state index contributed by atoms with van der Waals surface area (Å²) < 4.78 is 31.4. The van der Waals surface area contributed by atoms with Crippen LogP contribution in [0.5, 0.6) is 0 Å². The molecule has 1 saturated heterocycles. The Morgan fingerprint density at radius 1 is 1.00 bits per heavy atom. The molecular weight excluding hydrogens is 551 g/mol. The maximum atomic E-state index is 12.9. The van der Waals surface area contributed by atoms with Crippen LogP contribution in [0.3, 0.4) is 0 Å². The monoisotopic (exact) mass is 576 g/mol. The van der Waals surface area contributed by atoms with Crippen LogP contribution in [0, 0.1) is 0 Å². The van der Waals surface area contributed by atoms with Crippen LogP contribution in [0.25, 0.3) is 28.3 Å². The van der Waals surface area contributed by atoms with Crippen molar-refractivity contribution in [1.82, 2.24) is 14.5 Å². The van der Waals surface area contributed by atoms with Crippen molar-refractivity contribution in [2.24, 2.45) is 0 Å². The summed E-state index contributed by atoms with van der Waals surface area (Å²) in [5, 5.41) is 3.53. The number of rotatable bonds is 8. The number of aromatic nitrogens is 3. The second-order valence-corrected chi connectivity index (χ2v) is 11.9. The van der Waals surface area contributed by atoms with E-state index in [0.717, 1.165) is 28.6 Å². The fourth-order valence-electron chi connectivity index (χ4n) is 4.52. The predicted octanol–water partition coefficient (Wildman–Crippen LogP) is 7.04. The zero-order chi connectivity index (χ0) is 27.5. The molecule has 204 valence electrons. The maximum Gasteiger partial charge on any atom is 0.335 e. The van der Waals surface area contributed by atoms with E-state index in [1.54, 1.807) is 35.2 Å². The molecule has 5 aromatic rings. The van der Waals surface area contributed by atoms with E-state index >= 15 is 0 Å². The van der Waals surface area contributed by atoms with E-state index in [2.05, 4.69) is 10.3 Å². The number of anilines is 1. The number of nitrogens with one attached hydrogen (secondary N) is 1. The normalized spacial score (nSPS) is 14.8. The lowest BCUT2D eigenvalue weighted by atomic mass is 10.1. The molecule has 0 aliphatic carbocycles. The Bertz CT molecular complexity index is 1690. The molecule has 0 atom stereocenters. The average molecular weight is 577 g/mol. The van der Waals surface area contributed by atoms with E-state index in [9.17, 15) is 9.36 Å². The van der Waals surface area contributed by atoms with Gasteiger partial charge in [-0.05, 0) is 48.4 Å². The third kappa shape index (κ3) is 5.88. The number of carbonyl (C=O) groups is 1. The molecular formula is C29H26ClN4O5P. The fraction of sp³-hybridized carbons (Fsp3) is 0.207. The number of imidazole rings is 1. The van der Waals surface area contributed by atoms with Crippen molar-refractivity contribution in [2.75, 3.05) is 18.5 Å². The number of oxazole rings is 1. The molecule has 0 saturated carbocycles. The summed E-state index contributed by atoms with van der Waals surface area (Å²) in [5.41, 5.74) is 4.62. The Kier molecular flexibility index (Phi) is 7.54. The van der Waals surface area contributed by atoms with Gasteiger partial charge in [-0.25, -0.2) is 4.98 Å². The maximum absolute atomic E-state index is 12.9. The molecule has 6 rings (SSSR count). The van der Waals surface area contributed by atoms with E-state index < -0.39 is 7.60 Å². The number of fused-ring (bicyclic) bond motifs is 1. The highest BCUT2D eigenvalue weighted by molar-refractivity contribution is 7.53. The van der Waals surface area contributed by atoms with Gasteiger partial charge in [0.2, 0.25) is 5.91 Å². The van der Waals surface area contributed by atoms with Gasteiger partial charge < -0.3 is 18.8 Å². The number of amides is 1. The molecule has 1 amide bonds. The first kappa shape index (κ1) is 26.5. The third-order valence-corrected chi connectivity index (χ3v) is 8.68. The van der Waals surface area contributed by atoms with Crippen molar-refractivity contribution >= 4 is 41.8 Å². The molecule has 3 heterocycles. The molecule has 11 heteroatoms. The molecule has 2 aromatic heterocycles. The Hall–Kier alpha value is -3.75. The van der Waals surface area contributed by atoms with Crippen molar-refractivity contribution in [2.45, 2.75) is 25.4 Å². The van der Waals surface area contributed by atoms with Gasteiger partial charge in [0.15, 0.2) is 0 Å². The van der Waals surface area contributed by atoms with Crippen molar-refractivity contribution in [3.63, 3.8) is 0 Å². The van der Waals surface area contributed by atoms with Gasteiger partial charge in [-0.2, -0.15) is 4.98 Å². The third-order valence-electron chi connectivity index (χ3n) is 6.52. The number of hydrogen-bond donors (Lipinski definition) is 1. The quantitative estimate of drug-likeness (QED) is 0.197. The molecule has 1 aliphatic rings. The van der Waals surface area contributed by atoms with E-state index in [4.69, 9.17) is 30.0 Å². The largest absolute Gasteiger partial charge is 0.427 e. The van der Waals surface area contributed by atoms with Gasteiger partial charge in [0.25, 0.3) is 0 Å². The number of para-hydroxylation sites is 2. The highest BCUT2D eigenvalue weighted by Gasteiger charge is 2.28. The van der Waals surface area contributed by atoms with Crippen LogP contribution < -0.4 is 5.32 Å². The minimum absolute atomic E-state index is 0.174. The second-order valence-electron chi connectivity index (χ2n) is 9.41. The van der Waals surface area contributed by atoms with Gasteiger partial charge >= 0.3 is 13.6 Å². The van der Waals surface area contributed by atoms with Gasteiger partial charge in [0.05, 0.1) is 30.4 Å². The van der Waals surface area contributed by atoms with Crippen molar-refractivity contribution in [3.05, 3.63) is 95.5 Å². The van der Waals surface area contributed by atoms with Gasteiger partial charge in [-0.3, -0.25) is 13.9 Å². The van der Waals surface area contributed by atoms with Gasteiger partial charge in [0, 0.05) is 29.1 Å². The lowest BCUT2D eigenvalue weighted by molar-refractivity contribution is -0.116. The number of carbonyl (C=O) groups excluding carboxylic acids is 1. The summed E-state index contributed by atoms with van der Waals surface area (Å²) in [4.78, 5) is 22.1. The molecule has 1 aliphatic heterocycles. The van der Waals surface area contributed by atoms with Crippen LogP contribution in [0.15, 0.2) is 83.5 Å². The molecule has 0 spiro atoms. The SMILES string of the molecule is O=C(CCc1oc(-n2cnc3ccccc32)nc1-c1ccc(Cl)cc1)Nc1ccc(CP2(=O)OCCCO2)cc1. The van der Waals surface area contributed by atoms with Gasteiger partial charge in [0.1, 0.15) is 17.8 Å². The number of halogens is 1. The Labute approximate surface area is 235 Å². The minimum Gasteiger partial charge on any atom is -0.427 e. The van der Waals surface area contributed by atoms with Crippen molar-refractivity contribution < 1.29 is 22.8 Å².